The molecule has 0 aromatic heterocycles. The number of ether oxygens (including phenoxy) is 1. The molecule has 2 aliphatic rings. The second-order valence-electron chi connectivity index (χ2n) is 6.99. The zero-order valence-corrected chi connectivity index (χ0v) is 16.2. The van der Waals surface area contributed by atoms with Gasteiger partial charge in [0.25, 0.3) is 0 Å². The Kier molecular flexibility index (Phi) is 4.29. The predicted molar refractivity (Wildman–Crippen MR) is 107 cm³/mol. The molecule has 1 fully saturated rings. The fourth-order valence-corrected chi connectivity index (χ4v) is 4.68. The van der Waals surface area contributed by atoms with Crippen molar-refractivity contribution in [1.29, 1.82) is 0 Å². The Hall–Kier alpha value is -1.85. The number of hydrogen-bond acceptors (Lipinski definition) is 5. The number of nitrogens with zero attached hydrogens (tertiary/aromatic N) is 2. The lowest BCUT2D eigenvalue weighted by atomic mass is 10.1. The minimum atomic E-state index is 0.815. The monoisotopic (exact) mass is 355 g/mol. The number of nitrogens with one attached hydrogen (secondary N) is 1. The van der Waals surface area contributed by atoms with Gasteiger partial charge in [-0.15, -0.1) is 0 Å². The molecule has 1 saturated heterocycles. The zero-order valence-electron chi connectivity index (χ0n) is 15.3. The molecule has 0 spiro atoms. The molecule has 4 nitrogen and oxygen atoms in total. The maximum atomic E-state index is 5.50. The average Bonchev–Trinajstić information content (AvgIpc) is 2.61. The molecule has 5 heteroatoms. The molecule has 0 bridgehead atoms. The van der Waals surface area contributed by atoms with E-state index in [1.165, 1.54) is 43.7 Å². The minimum absolute atomic E-state index is 0.815. The van der Waals surface area contributed by atoms with Crippen LogP contribution in [0.2, 0.25) is 0 Å². The van der Waals surface area contributed by atoms with Crippen molar-refractivity contribution in [2.75, 3.05) is 55.5 Å². The Morgan fingerprint density at radius 3 is 2.28 bits per heavy atom. The van der Waals surface area contributed by atoms with Gasteiger partial charge in [-0.1, -0.05) is 11.8 Å². The van der Waals surface area contributed by atoms with Gasteiger partial charge in [0.05, 0.1) is 24.6 Å². The summed E-state index contributed by atoms with van der Waals surface area (Å²) in [7, 11) is 4.19. The van der Waals surface area contributed by atoms with Gasteiger partial charge in [-0.3, -0.25) is 0 Å². The van der Waals surface area contributed by atoms with Gasteiger partial charge in [0.1, 0.15) is 0 Å². The molecule has 0 aliphatic carbocycles. The van der Waals surface area contributed by atoms with Gasteiger partial charge < -0.3 is 19.9 Å². The number of aryl methyl sites for hydroxylation is 2. The Morgan fingerprint density at radius 1 is 0.960 bits per heavy atom. The molecule has 0 saturated carbocycles. The Labute approximate surface area is 154 Å². The molecule has 0 atom stereocenters. The summed E-state index contributed by atoms with van der Waals surface area (Å²) in [6, 6.07) is 9.15. The smallest absolute Gasteiger partial charge is 0.0642 e. The van der Waals surface area contributed by atoms with E-state index >= 15 is 0 Å². The molecule has 2 aliphatic heterocycles. The molecule has 2 aromatic carbocycles. The van der Waals surface area contributed by atoms with E-state index in [9.17, 15) is 0 Å². The Bertz CT molecular complexity index is 813. The fourth-order valence-electron chi connectivity index (χ4n) is 3.46. The molecule has 1 N–H and O–H groups in total. The third kappa shape index (κ3) is 3.07. The molecule has 0 unspecified atom stereocenters. The first-order valence-electron chi connectivity index (χ1n) is 8.77. The second kappa shape index (κ2) is 6.46. The van der Waals surface area contributed by atoms with Crippen molar-refractivity contribution in [3.05, 3.63) is 35.4 Å². The minimum Gasteiger partial charge on any atom is -0.378 e. The quantitative estimate of drug-likeness (QED) is 0.735. The third-order valence-corrected chi connectivity index (χ3v) is 6.01. The van der Waals surface area contributed by atoms with Crippen molar-refractivity contribution in [3.63, 3.8) is 0 Å². The highest BCUT2D eigenvalue weighted by atomic mass is 32.2. The maximum absolute atomic E-state index is 5.50. The topological polar surface area (TPSA) is 27.7 Å². The SMILES string of the molecule is Cc1cc(N(C)C)cc2c1Nc1c(C)cc(N3CCOCC3)cc1S2. The van der Waals surface area contributed by atoms with E-state index in [2.05, 4.69) is 67.3 Å². The molecular formula is C20H25N3OS. The van der Waals surface area contributed by atoms with Crippen LogP contribution in [0.1, 0.15) is 11.1 Å². The Morgan fingerprint density at radius 2 is 1.60 bits per heavy atom. The predicted octanol–water partition coefficient (Wildman–Crippen LogP) is 4.41. The number of benzene rings is 2. The first-order valence-corrected chi connectivity index (χ1v) is 9.59. The highest BCUT2D eigenvalue weighted by Gasteiger charge is 2.22. The number of anilines is 4. The number of rotatable bonds is 2. The molecule has 0 radical (unpaired) electrons. The van der Waals surface area contributed by atoms with Crippen LogP contribution in [0.5, 0.6) is 0 Å². The summed E-state index contributed by atoms with van der Waals surface area (Å²) in [5, 5.41) is 3.69. The molecule has 2 heterocycles. The molecule has 4 rings (SSSR count). The van der Waals surface area contributed by atoms with Crippen molar-refractivity contribution >= 4 is 34.5 Å². The maximum Gasteiger partial charge on any atom is 0.0642 e. The molecule has 0 amide bonds. The van der Waals surface area contributed by atoms with Crippen LogP contribution in [0.25, 0.3) is 0 Å². The summed E-state index contributed by atoms with van der Waals surface area (Å²) in [5.41, 5.74) is 7.62. The van der Waals surface area contributed by atoms with Gasteiger partial charge in [0.2, 0.25) is 0 Å². The first-order chi connectivity index (χ1) is 12.0. The van der Waals surface area contributed by atoms with E-state index in [4.69, 9.17) is 4.74 Å². The summed E-state index contributed by atoms with van der Waals surface area (Å²) < 4.78 is 5.50. The van der Waals surface area contributed by atoms with E-state index in [0.29, 0.717) is 0 Å². The van der Waals surface area contributed by atoms with E-state index < -0.39 is 0 Å². The van der Waals surface area contributed by atoms with Crippen LogP contribution >= 0.6 is 11.8 Å². The lowest BCUT2D eigenvalue weighted by molar-refractivity contribution is 0.122. The van der Waals surface area contributed by atoms with Crippen LogP contribution in [-0.4, -0.2) is 40.4 Å². The van der Waals surface area contributed by atoms with Crippen molar-refractivity contribution < 1.29 is 4.74 Å². The molecule has 2 aromatic rings. The largest absolute Gasteiger partial charge is 0.378 e. The van der Waals surface area contributed by atoms with Crippen LogP contribution in [0.15, 0.2) is 34.1 Å². The van der Waals surface area contributed by atoms with Gasteiger partial charge in [0.15, 0.2) is 0 Å². The van der Waals surface area contributed by atoms with Crippen molar-refractivity contribution in [1.82, 2.24) is 0 Å². The van der Waals surface area contributed by atoms with Crippen molar-refractivity contribution in [2.24, 2.45) is 0 Å². The highest BCUT2D eigenvalue weighted by molar-refractivity contribution is 7.99. The van der Waals surface area contributed by atoms with Crippen LogP contribution in [0.4, 0.5) is 22.7 Å². The van der Waals surface area contributed by atoms with E-state index in [0.717, 1.165) is 26.3 Å². The van der Waals surface area contributed by atoms with Gasteiger partial charge >= 0.3 is 0 Å². The fraction of sp³-hybridized carbons (Fsp3) is 0.400. The molecular weight excluding hydrogens is 330 g/mol. The van der Waals surface area contributed by atoms with Gasteiger partial charge in [-0.25, -0.2) is 0 Å². The lowest BCUT2D eigenvalue weighted by Gasteiger charge is -2.31. The summed E-state index contributed by atoms with van der Waals surface area (Å²) >= 11 is 1.87. The second-order valence-corrected chi connectivity index (χ2v) is 8.08. The normalized spacial score (nSPS) is 16.1. The number of hydrogen-bond donors (Lipinski definition) is 1. The van der Waals surface area contributed by atoms with Crippen LogP contribution < -0.4 is 15.1 Å². The zero-order chi connectivity index (χ0) is 17.6. The van der Waals surface area contributed by atoms with Crippen LogP contribution in [0.3, 0.4) is 0 Å². The first kappa shape index (κ1) is 16.6. The lowest BCUT2D eigenvalue weighted by Crippen LogP contribution is -2.36. The highest BCUT2D eigenvalue weighted by Crippen LogP contribution is 2.49. The van der Waals surface area contributed by atoms with Crippen LogP contribution in [0, 0.1) is 13.8 Å². The summed E-state index contributed by atoms with van der Waals surface area (Å²) in [4.78, 5) is 7.20. The van der Waals surface area contributed by atoms with Crippen molar-refractivity contribution in [2.45, 2.75) is 23.6 Å². The van der Waals surface area contributed by atoms with E-state index in [-0.39, 0.29) is 0 Å². The number of fused-ring (bicyclic) bond motifs is 2. The van der Waals surface area contributed by atoms with Gasteiger partial charge in [-0.2, -0.15) is 0 Å². The Balaban J connectivity index is 1.72. The standard InChI is InChI=1S/C20H25N3OS/c1-13-9-15(22(3)4)11-17-19(13)21-20-14(2)10-16(12-18(20)25-17)23-5-7-24-8-6-23/h9-12,21H,5-8H2,1-4H3. The van der Waals surface area contributed by atoms with Gasteiger partial charge in [0, 0.05) is 48.4 Å². The van der Waals surface area contributed by atoms with E-state index in [1.54, 1.807) is 0 Å². The van der Waals surface area contributed by atoms with Gasteiger partial charge in [-0.05, 0) is 49.2 Å². The molecule has 132 valence electrons. The summed E-state index contributed by atoms with van der Waals surface area (Å²) in [6.45, 7) is 7.95. The van der Waals surface area contributed by atoms with Crippen LogP contribution in [-0.2, 0) is 4.74 Å². The van der Waals surface area contributed by atoms with Crippen molar-refractivity contribution in [3.8, 4) is 0 Å². The average molecular weight is 356 g/mol. The molecule has 25 heavy (non-hydrogen) atoms. The summed E-state index contributed by atoms with van der Waals surface area (Å²) in [5.74, 6) is 0. The third-order valence-electron chi connectivity index (χ3n) is 4.93. The number of morpholine rings is 1. The van der Waals surface area contributed by atoms with E-state index in [1.807, 2.05) is 11.8 Å². The summed E-state index contributed by atoms with van der Waals surface area (Å²) in [6.07, 6.45) is 0.